The van der Waals surface area contributed by atoms with Gasteiger partial charge in [-0.2, -0.15) is 0 Å². The summed E-state index contributed by atoms with van der Waals surface area (Å²) >= 11 is 0. The fraction of sp³-hybridized carbons (Fsp3) is 0.429. The number of ether oxygens (including phenoxy) is 2. The highest BCUT2D eigenvalue weighted by atomic mass is 16.5. The number of anilines is 1. The van der Waals surface area contributed by atoms with Gasteiger partial charge in [0.1, 0.15) is 11.3 Å². The van der Waals surface area contributed by atoms with E-state index in [-0.39, 0.29) is 29.2 Å². The van der Waals surface area contributed by atoms with Crippen LogP contribution in [0.5, 0.6) is 5.75 Å². The first-order chi connectivity index (χ1) is 16.9. The molecule has 4 atom stereocenters. The van der Waals surface area contributed by atoms with Gasteiger partial charge in [0.25, 0.3) is 0 Å². The minimum absolute atomic E-state index is 0.0379. The van der Waals surface area contributed by atoms with Crippen molar-refractivity contribution in [2.24, 2.45) is 11.8 Å². The van der Waals surface area contributed by atoms with Crippen molar-refractivity contribution in [3.05, 3.63) is 59.9 Å². The van der Waals surface area contributed by atoms with Gasteiger partial charge in [0.15, 0.2) is 5.78 Å². The zero-order valence-corrected chi connectivity index (χ0v) is 20.4. The summed E-state index contributed by atoms with van der Waals surface area (Å²) in [5.41, 5.74) is 2.75. The van der Waals surface area contributed by atoms with E-state index in [9.17, 15) is 14.7 Å². The summed E-state index contributed by atoms with van der Waals surface area (Å²) in [5.74, 6) is -0.327. The zero-order chi connectivity index (χ0) is 24.7. The maximum atomic E-state index is 14.2. The molecule has 1 spiro atoms. The molecule has 3 aliphatic heterocycles. The number of hydrogen-bond donors (Lipinski definition) is 2. The second-order valence-electron chi connectivity index (χ2n) is 9.75. The second-order valence-corrected chi connectivity index (χ2v) is 9.75. The van der Waals surface area contributed by atoms with Crippen LogP contribution < -0.4 is 10.1 Å². The molecule has 3 aliphatic rings. The lowest BCUT2D eigenvalue weighted by molar-refractivity contribution is -0.134. The first-order valence-electron chi connectivity index (χ1n) is 12.2. The Morgan fingerprint density at radius 1 is 1.23 bits per heavy atom. The lowest BCUT2D eigenvalue weighted by Crippen LogP contribution is -2.57. The van der Waals surface area contributed by atoms with Gasteiger partial charge in [-0.05, 0) is 42.4 Å². The molecule has 0 aromatic heterocycles. The monoisotopic (exact) mass is 476 g/mol. The molecule has 2 unspecified atom stereocenters. The number of nitrogens with one attached hydrogen (secondary N) is 1. The topological polar surface area (TPSA) is 88.1 Å². The first kappa shape index (κ1) is 23.4. The fourth-order valence-corrected chi connectivity index (χ4v) is 6.50. The average molecular weight is 477 g/mol. The van der Waals surface area contributed by atoms with Crippen LogP contribution in [0.3, 0.4) is 0 Å². The van der Waals surface area contributed by atoms with Crippen molar-refractivity contribution in [1.29, 1.82) is 0 Å². The molecule has 2 N–H and O–H groups in total. The number of carbonyl (C=O) groups is 2. The highest BCUT2D eigenvalue weighted by Crippen LogP contribution is 2.52. The van der Waals surface area contributed by atoms with Gasteiger partial charge in [0.2, 0.25) is 0 Å². The maximum Gasteiger partial charge on any atom is 0.334 e. The third-order valence-electron chi connectivity index (χ3n) is 8.17. The fourth-order valence-electron chi connectivity index (χ4n) is 6.50. The number of carboxylic acid groups (broad SMARTS) is 1. The predicted octanol–water partition coefficient (Wildman–Crippen LogP) is 4.44. The molecule has 0 radical (unpaired) electrons. The summed E-state index contributed by atoms with van der Waals surface area (Å²) in [5, 5.41) is 13.5. The van der Waals surface area contributed by atoms with E-state index in [1.54, 1.807) is 7.11 Å². The van der Waals surface area contributed by atoms with E-state index in [0.717, 1.165) is 36.3 Å². The maximum absolute atomic E-state index is 14.2. The molecule has 3 heterocycles. The summed E-state index contributed by atoms with van der Waals surface area (Å²) in [6.45, 7) is 3.66. The molecule has 7 heteroatoms. The van der Waals surface area contributed by atoms with Gasteiger partial charge < -0.3 is 19.9 Å². The Morgan fingerprint density at radius 3 is 2.66 bits per heavy atom. The van der Waals surface area contributed by atoms with E-state index in [1.807, 2.05) is 42.5 Å². The number of aliphatic carboxylic acids is 1. The summed E-state index contributed by atoms with van der Waals surface area (Å²) in [4.78, 5) is 28.7. The normalized spacial score (nSPS) is 27.9. The summed E-state index contributed by atoms with van der Waals surface area (Å²) in [7, 11) is 3.09. The minimum atomic E-state index is -0.959. The van der Waals surface area contributed by atoms with Crippen molar-refractivity contribution in [3.63, 3.8) is 0 Å². The minimum Gasteiger partial charge on any atom is -0.504 e. The van der Waals surface area contributed by atoms with E-state index in [4.69, 9.17) is 9.47 Å². The van der Waals surface area contributed by atoms with E-state index < -0.39 is 11.5 Å². The highest BCUT2D eigenvalue weighted by molar-refractivity contribution is 6.17. The number of carbonyl (C=O) groups excluding carboxylic acids is 1. The van der Waals surface area contributed by atoms with Crippen LogP contribution in [0, 0.1) is 11.8 Å². The molecule has 0 saturated carbocycles. The van der Waals surface area contributed by atoms with Crippen molar-refractivity contribution in [2.45, 2.75) is 37.8 Å². The molecule has 184 valence electrons. The summed E-state index contributed by atoms with van der Waals surface area (Å²) < 4.78 is 11.0. The number of ketones is 1. The molecule has 2 fully saturated rings. The van der Waals surface area contributed by atoms with Crippen LogP contribution >= 0.6 is 0 Å². The van der Waals surface area contributed by atoms with Gasteiger partial charge in [-0.3, -0.25) is 9.69 Å². The Hall–Kier alpha value is -3.32. The van der Waals surface area contributed by atoms with Crippen molar-refractivity contribution in [3.8, 4) is 16.9 Å². The van der Waals surface area contributed by atoms with Crippen LogP contribution in [0.4, 0.5) is 5.69 Å². The van der Waals surface area contributed by atoms with E-state index in [1.165, 1.54) is 13.4 Å². The Morgan fingerprint density at radius 2 is 2.00 bits per heavy atom. The summed E-state index contributed by atoms with van der Waals surface area (Å²) in [6.07, 6.45) is 3.49. The molecule has 35 heavy (non-hydrogen) atoms. The third kappa shape index (κ3) is 3.60. The van der Waals surface area contributed by atoms with E-state index in [0.29, 0.717) is 24.2 Å². The molecule has 2 saturated heterocycles. The van der Waals surface area contributed by atoms with E-state index >= 15 is 0 Å². The number of fused-ring (bicyclic) bond motifs is 3. The molecule has 5 rings (SSSR count). The van der Waals surface area contributed by atoms with Crippen molar-refractivity contribution < 1.29 is 24.2 Å². The van der Waals surface area contributed by atoms with Crippen molar-refractivity contribution >= 4 is 17.4 Å². The van der Waals surface area contributed by atoms with Crippen LogP contribution in [0.15, 0.2) is 54.3 Å². The standard InChI is InChI=1S/C28H32N2O5/c1-4-17-15-30-13-12-28(23(30)14-20(17)21(16-34-2)27(32)33)26(31)24-22(29-28)11-10-19(25(24)35-3)18-8-6-5-7-9-18/h5-11,16-17,20,23,29H,4,12-15H2,1-3H3,(H,32,33)/t17-,20+,23?,28?/m1/s1. The number of carboxylic acids is 1. The highest BCUT2D eigenvalue weighted by Gasteiger charge is 2.60. The van der Waals surface area contributed by atoms with Crippen molar-refractivity contribution in [2.75, 3.05) is 32.6 Å². The van der Waals surface area contributed by atoms with Gasteiger partial charge >= 0.3 is 5.97 Å². The van der Waals surface area contributed by atoms with Crippen LogP contribution in [0.1, 0.15) is 36.5 Å². The van der Waals surface area contributed by atoms with Crippen LogP contribution in [0.25, 0.3) is 11.1 Å². The third-order valence-corrected chi connectivity index (χ3v) is 8.17. The van der Waals surface area contributed by atoms with Crippen LogP contribution in [0.2, 0.25) is 0 Å². The number of Topliss-reactive ketones (excluding diaryl/α,β-unsaturated/α-hetero) is 1. The number of rotatable bonds is 6. The van der Waals surface area contributed by atoms with Crippen LogP contribution in [-0.4, -0.2) is 60.6 Å². The first-order valence-corrected chi connectivity index (χ1v) is 12.2. The lowest BCUT2D eigenvalue weighted by atomic mass is 9.72. The number of benzene rings is 2. The smallest absolute Gasteiger partial charge is 0.334 e. The quantitative estimate of drug-likeness (QED) is 0.471. The van der Waals surface area contributed by atoms with Gasteiger partial charge in [0.05, 0.1) is 31.6 Å². The Bertz CT molecular complexity index is 1180. The van der Waals surface area contributed by atoms with E-state index in [2.05, 4.69) is 17.1 Å². The molecule has 0 bridgehead atoms. The zero-order valence-electron chi connectivity index (χ0n) is 20.4. The SMILES string of the molecule is CC[C@@H]1CN2CCC3(Nc4ccc(-c5ccccc5)c(OC)c4C3=O)C2C[C@@H]1C(=COC)C(=O)O. The van der Waals surface area contributed by atoms with Crippen LogP contribution in [-0.2, 0) is 9.53 Å². The number of nitrogens with zero attached hydrogens (tertiary/aromatic N) is 1. The number of hydrogen-bond acceptors (Lipinski definition) is 6. The van der Waals surface area contributed by atoms with Gasteiger partial charge in [-0.15, -0.1) is 0 Å². The van der Waals surface area contributed by atoms with Crippen molar-refractivity contribution in [1.82, 2.24) is 4.90 Å². The van der Waals surface area contributed by atoms with Gasteiger partial charge in [0, 0.05) is 30.4 Å². The molecule has 0 aliphatic carbocycles. The Balaban J connectivity index is 1.54. The van der Waals surface area contributed by atoms with Gasteiger partial charge in [-0.1, -0.05) is 43.7 Å². The molecule has 2 aromatic rings. The predicted molar refractivity (Wildman–Crippen MR) is 134 cm³/mol. The second kappa shape index (κ2) is 9.04. The molecule has 2 aromatic carbocycles. The Labute approximate surface area is 205 Å². The molecular weight excluding hydrogens is 444 g/mol. The molecule has 0 amide bonds. The van der Waals surface area contributed by atoms with Gasteiger partial charge in [-0.25, -0.2) is 4.79 Å². The molecule has 7 nitrogen and oxygen atoms in total. The lowest BCUT2D eigenvalue weighted by Gasteiger charge is -2.45. The Kier molecular flexibility index (Phi) is 6.05. The number of piperidine rings is 1. The average Bonchev–Trinajstić information content (AvgIpc) is 3.38. The number of methoxy groups -OCH3 is 2. The molecular formula is C28H32N2O5. The summed E-state index contributed by atoms with van der Waals surface area (Å²) in [6, 6.07) is 13.8. The largest absolute Gasteiger partial charge is 0.504 e.